The van der Waals surface area contributed by atoms with Gasteiger partial charge in [-0.25, -0.2) is 4.79 Å². The Bertz CT molecular complexity index is 601. The van der Waals surface area contributed by atoms with Crippen LogP contribution in [0.4, 0.5) is 11.4 Å². The van der Waals surface area contributed by atoms with Gasteiger partial charge in [0.25, 0.3) is 0 Å². The molecule has 0 unspecified atom stereocenters. The Balaban J connectivity index is 2.34. The standard InChI is InChI=1S/C13H9BrClNO2/c14-10-6-5-8(7-11(10)15)16-12-4-2-1-3-9(12)13(17)18/h1-7,16H,(H,17,18). The van der Waals surface area contributed by atoms with E-state index in [-0.39, 0.29) is 5.56 Å². The third-order valence-corrected chi connectivity index (χ3v) is 3.59. The van der Waals surface area contributed by atoms with Crippen molar-refractivity contribution in [3.63, 3.8) is 0 Å². The lowest BCUT2D eigenvalue weighted by molar-refractivity contribution is 0.0698. The van der Waals surface area contributed by atoms with Crippen molar-refractivity contribution in [3.8, 4) is 0 Å². The highest BCUT2D eigenvalue weighted by molar-refractivity contribution is 9.10. The highest BCUT2D eigenvalue weighted by Gasteiger charge is 2.09. The monoisotopic (exact) mass is 325 g/mol. The molecule has 2 aromatic carbocycles. The lowest BCUT2D eigenvalue weighted by atomic mass is 10.1. The molecule has 0 bridgehead atoms. The average molecular weight is 327 g/mol. The summed E-state index contributed by atoms with van der Waals surface area (Å²) < 4.78 is 0.793. The second-order valence-electron chi connectivity index (χ2n) is 3.60. The van der Waals surface area contributed by atoms with Gasteiger partial charge in [-0.05, 0) is 46.3 Å². The molecule has 18 heavy (non-hydrogen) atoms. The molecule has 0 aliphatic carbocycles. The first-order chi connectivity index (χ1) is 8.58. The zero-order valence-electron chi connectivity index (χ0n) is 9.15. The van der Waals surface area contributed by atoms with Crippen LogP contribution in [-0.2, 0) is 0 Å². The van der Waals surface area contributed by atoms with E-state index in [0.717, 1.165) is 10.2 Å². The highest BCUT2D eigenvalue weighted by atomic mass is 79.9. The van der Waals surface area contributed by atoms with Crippen LogP contribution in [-0.4, -0.2) is 11.1 Å². The molecule has 0 fully saturated rings. The molecule has 5 heteroatoms. The lowest BCUT2D eigenvalue weighted by Gasteiger charge is -2.10. The normalized spacial score (nSPS) is 10.1. The van der Waals surface area contributed by atoms with Crippen LogP contribution >= 0.6 is 27.5 Å². The number of carbonyl (C=O) groups is 1. The number of anilines is 2. The second kappa shape index (κ2) is 5.42. The van der Waals surface area contributed by atoms with Crippen LogP contribution in [0.3, 0.4) is 0 Å². The molecule has 0 aliphatic rings. The zero-order valence-corrected chi connectivity index (χ0v) is 11.5. The molecule has 0 aromatic heterocycles. The van der Waals surface area contributed by atoms with E-state index in [1.165, 1.54) is 0 Å². The zero-order chi connectivity index (χ0) is 13.1. The fourth-order valence-electron chi connectivity index (χ4n) is 1.51. The van der Waals surface area contributed by atoms with Crippen molar-refractivity contribution in [1.82, 2.24) is 0 Å². The first kappa shape index (κ1) is 12.9. The number of hydrogen-bond donors (Lipinski definition) is 2. The molecular weight excluding hydrogens is 318 g/mol. The SMILES string of the molecule is O=C(O)c1ccccc1Nc1ccc(Br)c(Cl)c1. The van der Waals surface area contributed by atoms with Crippen molar-refractivity contribution in [3.05, 3.63) is 57.5 Å². The minimum Gasteiger partial charge on any atom is -0.478 e. The third-order valence-electron chi connectivity index (χ3n) is 2.36. The number of nitrogens with one attached hydrogen (secondary N) is 1. The summed E-state index contributed by atoms with van der Waals surface area (Å²) in [6.07, 6.45) is 0. The molecule has 2 rings (SSSR count). The maximum atomic E-state index is 11.1. The molecule has 0 saturated carbocycles. The van der Waals surface area contributed by atoms with Crippen LogP contribution in [0.1, 0.15) is 10.4 Å². The Morgan fingerprint density at radius 1 is 1.22 bits per heavy atom. The molecule has 0 radical (unpaired) electrons. The Hall–Kier alpha value is -1.52. The summed E-state index contributed by atoms with van der Waals surface area (Å²) in [6, 6.07) is 12.1. The number of rotatable bonds is 3. The third kappa shape index (κ3) is 2.83. The number of benzene rings is 2. The molecule has 0 heterocycles. The van der Waals surface area contributed by atoms with Crippen LogP contribution < -0.4 is 5.32 Å². The van der Waals surface area contributed by atoms with Crippen LogP contribution in [0.5, 0.6) is 0 Å². The van der Waals surface area contributed by atoms with Gasteiger partial charge in [-0.3, -0.25) is 0 Å². The van der Waals surface area contributed by atoms with E-state index < -0.39 is 5.97 Å². The molecule has 0 amide bonds. The molecular formula is C13H9BrClNO2. The van der Waals surface area contributed by atoms with Crippen molar-refractivity contribution in [1.29, 1.82) is 0 Å². The van der Waals surface area contributed by atoms with E-state index >= 15 is 0 Å². The van der Waals surface area contributed by atoms with E-state index in [4.69, 9.17) is 16.7 Å². The number of aromatic carboxylic acids is 1. The van der Waals surface area contributed by atoms with Gasteiger partial charge < -0.3 is 10.4 Å². The number of carboxylic acid groups (broad SMARTS) is 1. The smallest absolute Gasteiger partial charge is 0.337 e. The number of hydrogen-bond acceptors (Lipinski definition) is 2. The Morgan fingerprint density at radius 2 is 1.94 bits per heavy atom. The van der Waals surface area contributed by atoms with Gasteiger partial charge in [0.2, 0.25) is 0 Å². The van der Waals surface area contributed by atoms with Gasteiger partial charge in [-0.2, -0.15) is 0 Å². The first-order valence-corrected chi connectivity index (χ1v) is 6.29. The summed E-state index contributed by atoms with van der Waals surface area (Å²) in [5.74, 6) is -0.971. The Labute approximate surface area is 118 Å². The second-order valence-corrected chi connectivity index (χ2v) is 4.87. The van der Waals surface area contributed by atoms with Gasteiger partial charge in [0, 0.05) is 10.2 Å². The Kier molecular flexibility index (Phi) is 3.89. The largest absolute Gasteiger partial charge is 0.478 e. The van der Waals surface area contributed by atoms with Crippen molar-refractivity contribution >= 4 is 44.9 Å². The maximum Gasteiger partial charge on any atom is 0.337 e. The number of carboxylic acids is 1. The van der Waals surface area contributed by atoms with E-state index in [2.05, 4.69) is 21.2 Å². The molecule has 92 valence electrons. The van der Waals surface area contributed by atoms with Gasteiger partial charge in [-0.15, -0.1) is 0 Å². The molecule has 2 N–H and O–H groups in total. The van der Waals surface area contributed by atoms with Crippen LogP contribution in [0.2, 0.25) is 5.02 Å². The average Bonchev–Trinajstić information content (AvgIpc) is 2.34. The van der Waals surface area contributed by atoms with E-state index in [1.54, 1.807) is 36.4 Å². The van der Waals surface area contributed by atoms with Gasteiger partial charge >= 0.3 is 5.97 Å². The fourth-order valence-corrected chi connectivity index (χ4v) is 1.94. The Morgan fingerprint density at radius 3 is 2.61 bits per heavy atom. The van der Waals surface area contributed by atoms with Gasteiger partial charge in [-0.1, -0.05) is 23.7 Å². The van der Waals surface area contributed by atoms with Crippen molar-refractivity contribution in [2.24, 2.45) is 0 Å². The van der Waals surface area contributed by atoms with Crippen molar-refractivity contribution in [2.45, 2.75) is 0 Å². The van der Waals surface area contributed by atoms with Gasteiger partial charge in [0.1, 0.15) is 0 Å². The summed E-state index contributed by atoms with van der Waals surface area (Å²) >= 11 is 9.28. The fraction of sp³-hybridized carbons (Fsp3) is 0. The maximum absolute atomic E-state index is 11.1. The van der Waals surface area contributed by atoms with Crippen LogP contribution in [0.15, 0.2) is 46.9 Å². The predicted octanol–water partition coefficient (Wildman–Crippen LogP) is 4.54. The van der Waals surface area contributed by atoms with Crippen LogP contribution in [0, 0.1) is 0 Å². The molecule has 3 nitrogen and oxygen atoms in total. The molecule has 0 spiro atoms. The van der Waals surface area contributed by atoms with Crippen molar-refractivity contribution in [2.75, 3.05) is 5.32 Å². The van der Waals surface area contributed by atoms with E-state index in [9.17, 15) is 4.79 Å². The summed E-state index contributed by atoms with van der Waals surface area (Å²) in [4.78, 5) is 11.1. The topological polar surface area (TPSA) is 49.3 Å². The van der Waals surface area contributed by atoms with Crippen molar-refractivity contribution < 1.29 is 9.90 Å². The van der Waals surface area contributed by atoms with Gasteiger partial charge in [0.05, 0.1) is 16.3 Å². The minimum absolute atomic E-state index is 0.219. The molecule has 0 saturated heterocycles. The summed E-state index contributed by atoms with van der Waals surface area (Å²) in [5, 5.41) is 12.7. The predicted molar refractivity (Wildman–Crippen MR) is 75.8 cm³/mol. The quantitative estimate of drug-likeness (QED) is 0.870. The number of halogens is 2. The number of para-hydroxylation sites is 1. The van der Waals surface area contributed by atoms with E-state index in [0.29, 0.717) is 10.7 Å². The minimum atomic E-state index is -0.971. The lowest BCUT2D eigenvalue weighted by Crippen LogP contribution is -2.02. The molecule has 0 atom stereocenters. The molecule has 0 aliphatic heterocycles. The highest BCUT2D eigenvalue weighted by Crippen LogP contribution is 2.28. The molecule has 2 aromatic rings. The van der Waals surface area contributed by atoms with Gasteiger partial charge in [0.15, 0.2) is 0 Å². The van der Waals surface area contributed by atoms with Crippen LogP contribution in [0.25, 0.3) is 0 Å². The summed E-state index contributed by atoms with van der Waals surface area (Å²) in [5.41, 5.74) is 1.48. The van der Waals surface area contributed by atoms with E-state index in [1.807, 2.05) is 6.07 Å². The summed E-state index contributed by atoms with van der Waals surface area (Å²) in [7, 11) is 0. The first-order valence-electron chi connectivity index (χ1n) is 5.12. The summed E-state index contributed by atoms with van der Waals surface area (Å²) in [6.45, 7) is 0.